The quantitative estimate of drug-likeness (QED) is 0.883. The molecule has 0 radical (unpaired) electrons. The maximum absolute atomic E-state index is 4.53. The van der Waals surface area contributed by atoms with Gasteiger partial charge in [-0.1, -0.05) is 0 Å². The normalized spacial score (nSPS) is 19.4. The first-order valence-electron chi connectivity index (χ1n) is 7.04. The lowest BCUT2D eigenvalue weighted by molar-refractivity contribution is 0.546. The summed E-state index contributed by atoms with van der Waals surface area (Å²) in [5.74, 6) is 0. The summed E-state index contributed by atoms with van der Waals surface area (Å²) in [7, 11) is 0. The zero-order chi connectivity index (χ0) is 13.2. The first-order valence-corrected chi connectivity index (χ1v) is 7.04. The third-order valence-corrected chi connectivity index (χ3v) is 3.64. The molecule has 102 valence electrons. The van der Waals surface area contributed by atoms with Crippen molar-refractivity contribution in [1.82, 2.24) is 20.1 Å². The minimum absolute atomic E-state index is 0.339. The van der Waals surface area contributed by atoms with E-state index in [1.807, 2.05) is 17.1 Å². The number of rotatable bonds is 4. The predicted octanol–water partition coefficient (Wildman–Crippen LogP) is 2.18. The number of hydrogen-bond donors (Lipinski definition) is 2. The molecule has 0 amide bonds. The highest BCUT2D eigenvalue weighted by Crippen LogP contribution is 2.19. The van der Waals surface area contributed by atoms with E-state index in [4.69, 9.17) is 0 Å². The van der Waals surface area contributed by atoms with Crippen molar-refractivity contribution in [1.29, 1.82) is 0 Å². The summed E-state index contributed by atoms with van der Waals surface area (Å²) in [6.07, 6.45) is 6.33. The van der Waals surface area contributed by atoms with Crippen LogP contribution in [0.2, 0.25) is 0 Å². The molecule has 0 spiro atoms. The Balaban J connectivity index is 1.74. The molecule has 1 unspecified atom stereocenters. The second kappa shape index (κ2) is 5.17. The topological polar surface area (TPSA) is 54.8 Å². The summed E-state index contributed by atoms with van der Waals surface area (Å²) in [5, 5.41) is 12.4. The Morgan fingerprint density at radius 2 is 2.37 bits per heavy atom. The second-order valence-electron chi connectivity index (χ2n) is 5.49. The molecule has 5 heteroatoms. The van der Waals surface area contributed by atoms with Gasteiger partial charge in [-0.25, -0.2) is 9.67 Å². The molecule has 5 nitrogen and oxygen atoms in total. The van der Waals surface area contributed by atoms with Crippen molar-refractivity contribution < 1.29 is 0 Å². The third kappa shape index (κ3) is 2.56. The van der Waals surface area contributed by atoms with Crippen LogP contribution in [0.3, 0.4) is 0 Å². The number of nitrogens with zero attached hydrogens (tertiary/aromatic N) is 3. The molecule has 1 aliphatic rings. The molecule has 0 aliphatic carbocycles. The molecule has 3 rings (SSSR count). The average molecular weight is 259 g/mol. The maximum atomic E-state index is 4.53. The van der Waals surface area contributed by atoms with Crippen molar-refractivity contribution >= 4 is 16.7 Å². The van der Waals surface area contributed by atoms with E-state index in [9.17, 15) is 0 Å². The fourth-order valence-corrected chi connectivity index (χ4v) is 2.59. The minimum atomic E-state index is 0.339. The van der Waals surface area contributed by atoms with Crippen LogP contribution in [0.25, 0.3) is 11.0 Å². The summed E-state index contributed by atoms with van der Waals surface area (Å²) in [6.45, 7) is 6.34. The number of hydrogen-bond acceptors (Lipinski definition) is 4. The molecule has 1 fully saturated rings. The van der Waals surface area contributed by atoms with Crippen molar-refractivity contribution in [2.24, 2.45) is 0 Å². The van der Waals surface area contributed by atoms with Crippen molar-refractivity contribution in [2.45, 2.75) is 38.8 Å². The first-order chi connectivity index (χ1) is 9.24. The highest BCUT2D eigenvalue weighted by Gasteiger charge is 2.13. The molecule has 1 saturated heterocycles. The van der Waals surface area contributed by atoms with Crippen LogP contribution in [0, 0.1) is 0 Å². The Morgan fingerprint density at radius 3 is 3.11 bits per heavy atom. The fourth-order valence-electron chi connectivity index (χ4n) is 2.59. The van der Waals surface area contributed by atoms with Crippen molar-refractivity contribution in [3.63, 3.8) is 0 Å². The lowest BCUT2D eigenvalue weighted by atomic mass is 10.2. The molecule has 2 aromatic rings. The molecule has 1 atom stereocenters. The van der Waals surface area contributed by atoms with E-state index >= 15 is 0 Å². The smallest absolute Gasteiger partial charge is 0.158 e. The Kier molecular flexibility index (Phi) is 3.38. The lowest BCUT2D eigenvalue weighted by Crippen LogP contribution is -2.29. The molecule has 3 heterocycles. The van der Waals surface area contributed by atoms with Crippen molar-refractivity contribution in [3.8, 4) is 0 Å². The average Bonchev–Trinajstić information content (AvgIpc) is 3.05. The van der Waals surface area contributed by atoms with Crippen LogP contribution in [-0.4, -0.2) is 33.9 Å². The number of pyridine rings is 1. The van der Waals surface area contributed by atoms with Gasteiger partial charge in [-0.15, -0.1) is 0 Å². The second-order valence-corrected chi connectivity index (χ2v) is 5.49. The molecule has 0 bridgehead atoms. The summed E-state index contributed by atoms with van der Waals surface area (Å²) in [4.78, 5) is 4.53. The third-order valence-electron chi connectivity index (χ3n) is 3.64. The standard InChI is InChI=1S/C14H21N5/c1-10(2)19-14-11(7-18-19)6-13(9-17-14)16-8-12-4-3-5-15-12/h6-7,9-10,12,15-16H,3-5,8H2,1-2H3. The predicted molar refractivity (Wildman–Crippen MR) is 77.4 cm³/mol. The van der Waals surface area contributed by atoms with E-state index < -0.39 is 0 Å². The summed E-state index contributed by atoms with van der Waals surface area (Å²) in [5.41, 5.74) is 2.03. The van der Waals surface area contributed by atoms with E-state index in [2.05, 4.69) is 40.6 Å². The maximum Gasteiger partial charge on any atom is 0.158 e. The molecule has 19 heavy (non-hydrogen) atoms. The minimum Gasteiger partial charge on any atom is -0.382 e. The van der Waals surface area contributed by atoms with Gasteiger partial charge in [-0.3, -0.25) is 0 Å². The van der Waals surface area contributed by atoms with E-state index in [0.29, 0.717) is 12.1 Å². The molecule has 2 N–H and O–H groups in total. The Hall–Kier alpha value is -1.62. The zero-order valence-corrected chi connectivity index (χ0v) is 11.6. The lowest BCUT2D eigenvalue weighted by Gasteiger charge is -2.12. The summed E-state index contributed by atoms with van der Waals surface area (Å²) < 4.78 is 1.96. The van der Waals surface area contributed by atoms with Gasteiger partial charge in [0.1, 0.15) is 0 Å². The van der Waals surface area contributed by atoms with Gasteiger partial charge in [-0.05, 0) is 39.3 Å². The van der Waals surface area contributed by atoms with Gasteiger partial charge < -0.3 is 10.6 Å². The van der Waals surface area contributed by atoms with Crippen LogP contribution >= 0.6 is 0 Å². The Morgan fingerprint density at radius 1 is 1.47 bits per heavy atom. The number of aromatic nitrogens is 3. The SMILES string of the molecule is CC(C)n1ncc2cc(NCC3CCCN3)cnc21. The van der Waals surface area contributed by atoms with Crippen LogP contribution in [-0.2, 0) is 0 Å². The molecular weight excluding hydrogens is 238 g/mol. The number of fused-ring (bicyclic) bond motifs is 1. The van der Waals surface area contributed by atoms with Crippen molar-refractivity contribution in [3.05, 3.63) is 18.5 Å². The van der Waals surface area contributed by atoms with Crippen LogP contribution in [0.1, 0.15) is 32.7 Å². The zero-order valence-electron chi connectivity index (χ0n) is 11.6. The van der Waals surface area contributed by atoms with Gasteiger partial charge in [0.15, 0.2) is 5.65 Å². The van der Waals surface area contributed by atoms with Crippen molar-refractivity contribution in [2.75, 3.05) is 18.4 Å². The van der Waals surface area contributed by atoms with Gasteiger partial charge in [0.2, 0.25) is 0 Å². The van der Waals surface area contributed by atoms with Crippen LogP contribution in [0.15, 0.2) is 18.5 Å². The van der Waals surface area contributed by atoms with E-state index in [0.717, 1.165) is 29.8 Å². The van der Waals surface area contributed by atoms with Crippen LogP contribution in [0.5, 0.6) is 0 Å². The van der Waals surface area contributed by atoms with Crippen LogP contribution in [0.4, 0.5) is 5.69 Å². The van der Waals surface area contributed by atoms with Gasteiger partial charge in [-0.2, -0.15) is 5.10 Å². The molecular formula is C14H21N5. The van der Waals surface area contributed by atoms with E-state index in [1.165, 1.54) is 12.8 Å². The monoisotopic (exact) mass is 259 g/mol. The van der Waals surface area contributed by atoms with E-state index in [-0.39, 0.29) is 0 Å². The Bertz CT molecular complexity index is 554. The van der Waals surface area contributed by atoms with Crippen LogP contribution < -0.4 is 10.6 Å². The van der Waals surface area contributed by atoms with Gasteiger partial charge in [0.05, 0.1) is 18.1 Å². The Labute approximate surface area is 113 Å². The molecule has 0 aromatic carbocycles. The fraction of sp³-hybridized carbons (Fsp3) is 0.571. The van der Waals surface area contributed by atoms with Gasteiger partial charge in [0, 0.05) is 24.0 Å². The molecule has 2 aromatic heterocycles. The first kappa shape index (κ1) is 12.4. The summed E-state index contributed by atoms with van der Waals surface area (Å²) in [6, 6.07) is 3.06. The van der Waals surface area contributed by atoms with Gasteiger partial charge in [0.25, 0.3) is 0 Å². The highest BCUT2D eigenvalue weighted by atomic mass is 15.3. The highest BCUT2D eigenvalue weighted by molar-refractivity contribution is 5.78. The number of nitrogens with one attached hydrogen (secondary N) is 2. The summed E-state index contributed by atoms with van der Waals surface area (Å²) >= 11 is 0. The molecule has 1 aliphatic heterocycles. The molecule has 0 saturated carbocycles. The number of anilines is 1. The largest absolute Gasteiger partial charge is 0.382 e. The van der Waals surface area contributed by atoms with E-state index in [1.54, 1.807) is 0 Å². The van der Waals surface area contributed by atoms with Gasteiger partial charge >= 0.3 is 0 Å².